The number of Topliss-reactive ketones (excluding diaryl/α,β-unsaturated/α-hetero) is 1. The third-order valence-corrected chi connectivity index (χ3v) is 14.8. The zero-order chi connectivity index (χ0) is 49.6. The molecule has 3 aromatic carbocycles. The Labute approximate surface area is 398 Å². The molecule has 2 bridgehead atoms. The highest BCUT2D eigenvalue weighted by atomic mass is 16.7. The van der Waals surface area contributed by atoms with Gasteiger partial charge in [0.15, 0.2) is 17.5 Å². The average molecular weight is 952 g/mol. The monoisotopic (exact) mass is 951 g/mol. The van der Waals surface area contributed by atoms with E-state index in [-0.39, 0.29) is 41.9 Å². The van der Waals surface area contributed by atoms with Crippen molar-refractivity contribution < 1.29 is 76.9 Å². The van der Waals surface area contributed by atoms with Crippen LogP contribution in [0.4, 0.5) is 4.79 Å². The van der Waals surface area contributed by atoms with Gasteiger partial charge in [-0.05, 0) is 74.6 Å². The van der Waals surface area contributed by atoms with Crippen LogP contribution in [-0.2, 0) is 52.3 Å². The third-order valence-electron chi connectivity index (χ3n) is 14.8. The van der Waals surface area contributed by atoms with Gasteiger partial charge in [-0.2, -0.15) is 0 Å². The van der Waals surface area contributed by atoms with Crippen molar-refractivity contribution >= 4 is 41.7 Å². The van der Waals surface area contributed by atoms with Crippen LogP contribution in [0.2, 0.25) is 0 Å². The molecule has 1 heterocycles. The predicted molar refractivity (Wildman–Crippen MR) is 241 cm³/mol. The molecule has 3 aromatic rings. The summed E-state index contributed by atoms with van der Waals surface area (Å²) in [5, 5.41) is 29.0. The number of hydrogen-bond acceptors (Lipinski definition) is 16. The molecule has 1 amide bonds. The van der Waals surface area contributed by atoms with Crippen molar-refractivity contribution in [3.8, 4) is 0 Å². The molecule has 69 heavy (non-hydrogen) atoms. The van der Waals surface area contributed by atoms with Crippen molar-refractivity contribution in [1.82, 2.24) is 5.32 Å². The SMILES string of the molecule is CCOC(=O)O[C@@H](C(=O)OC1C[C@@]2(O)[C@@H](OC(=O)c3ccccc3)C3[C@](C)(C(=O)[C@H](OC(C)=O)C(=C1C)C2(C)C)[C@@H](O)C[C@H]1OC[C@@]31OC(=O)C1CC1)[C@@H](NC(=O)c1ccccc1)c1ccccc1. The number of fused-ring (bicyclic) bond motifs is 5. The summed E-state index contributed by atoms with van der Waals surface area (Å²) >= 11 is 0. The smallest absolute Gasteiger partial charge is 0.455 e. The normalized spacial score (nSPS) is 30.8. The highest BCUT2D eigenvalue weighted by molar-refractivity contribution is 5.96. The molecular formula is C52H57NO16. The lowest BCUT2D eigenvalue weighted by Gasteiger charge is -2.67. The first-order valence-electron chi connectivity index (χ1n) is 23.2. The quantitative estimate of drug-likeness (QED) is 0.112. The van der Waals surface area contributed by atoms with Gasteiger partial charge in [0, 0.05) is 30.7 Å². The second-order valence-corrected chi connectivity index (χ2v) is 19.2. The van der Waals surface area contributed by atoms with Crippen LogP contribution in [0.25, 0.3) is 0 Å². The number of carbonyl (C=O) groups is 7. The van der Waals surface area contributed by atoms with Gasteiger partial charge < -0.3 is 48.7 Å². The molecule has 1 saturated heterocycles. The van der Waals surface area contributed by atoms with E-state index in [0.717, 1.165) is 6.92 Å². The lowest BCUT2D eigenvalue weighted by molar-refractivity contribution is -0.346. The van der Waals surface area contributed by atoms with Gasteiger partial charge in [0.25, 0.3) is 5.91 Å². The van der Waals surface area contributed by atoms with Crippen LogP contribution in [0.5, 0.6) is 0 Å². The second-order valence-electron chi connectivity index (χ2n) is 19.2. The summed E-state index contributed by atoms with van der Waals surface area (Å²) in [6.45, 7) is 8.22. The molecule has 3 saturated carbocycles. The standard InChI is InChI=1S/C52H57NO16/c1-7-63-48(61)67-40(38(30-17-11-8-12-18-30)53-44(57)31-19-13-9-14-20-31)47(60)66-34-26-52(62)43(68-45(58)32-21-15-10-16-22-32)41-50(6,42(56)39(65-29(3)54)37(28(34)2)49(52,4)5)35(55)25-36-51(41,27-64-36)69-46(59)33-23-24-33/h8-22,33-36,38-41,43,55,62H,7,23-27H2,1-6H3,(H,53,57)/t34?,35-,36+,38-,39+,40+,41?,43-,50+,51-,52+/m0/s1. The molecular weight excluding hydrogens is 895 g/mol. The molecule has 1 aliphatic heterocycles. The number of aliphatic hydroxyl groups excluding tert-OH is 1. The average Bonchev–Trinajstić information content (AvgIpc) is 4.18. The van der Waals surface area contributed by atoms with Crippen molar-refractivity contribution in [1.29, 1.82) is 0 Å². The molecule has 0 spiro atoms. The van der Waals surface area contributed by atoms with E-state index < -0.39 is 125 Å². The Hall–Kier alpha value is -6.43. The summed E-state index contributed by atoms with van der Waals surface area (Å²) in [4.78, 5) is 99.4. The molecule has 4 fully saturated rings. The van der Waals surface area contributed by atoms with Gasteiger partial charge in [0.1, 0.15) is 30.0 Å². The van der Waals surface area contributed by atoms with Crippen LogP contribution in [-0.4, -0.2) is 113 Å². The first kappa shape index (κ1) is 49.0. The van der Waals surface area contributed by atoms with Gasteiger partial charge in [-0.1, -0.05) is 80.6 Å². The molecule has 0 aromatic heterocycles. The van der Waals surface area contributed by atoms with Gasteiger partial charge in [-0.25, -0.2) is 14.4 Å². The van der Waals surface area contributed by atoms with Crippen LogP contribution in [0.3, 0.4) is 0 Å². The van der Waals surface area contributed by atoms with Gasteiger partial charge in [-0.3, -0.25) is 19.2 Å². The minimum absolute atomic E-state index is 0.0299. The van der Waals surface area contributed by atoms with E-state index in [1.54, 1.807) is 92.7 Å². The molecule has 3 N–H and O–H groups in total. The van der Waals surface area contributed by atoms with E-state index in [1.807, 2.05) is 0 Å². The summed E-state index contributed by atoms with van der Waals surface area (Å²) in [6, 6.07) is 22.8. The van der Waals surface area contributed by atoms with Crippen molar-refractivity contribution in [2.75, 3.05) is 13.2 Å². The van der Waals surface area contributed by atoms with E-state index in [0.29, 0.717) is 18.4 Å². The molecule has 5 aliphatic rings. The van der Waals surface area contributed by atoms with E-state index in [4.69, 9.17) is 33.2 Å². The summed E-state index contributed by atoms with van der Waals surface area (Å²) in [6.07, 6.45) is -10.9. The largest absolute Gasteiger partial charge is 0.509 e. The lowest BCUT2D eigenvalue weighted by atomic mass is 9.44. The molecule has 0 radical (unpaired) electrons. The molecule has 8 rings (SSSR count). The molecule has 11 atom stereocenters. The minimum Gasteiger partial charge on any atom is -0.455 e. The Bertz CT molecular complexity index is 2530. The predicted octanol–water partition coefficient (Wildman–Crippen LogP) is 5.31. The summed E-state index contributed by atoms with van der Waals surface area (Å²) in [5.41, 5.74) is -7.33. The van der Waals surface area contributed by atoms with E-state index >= 15 is 9.59 Å². The number of carbonyl (C=O) groups excluding carboxylic acids is 7. The summed E-state index contributed by atoms with van der Waals surface area (Å²) in [7, 11) is 0. The number of benzene rings is 3. The first-order chi connectivity index (χ1) is 32.8. The van der Waals surface area contributed by atoms with Crippen molar-refractivity contribution in [3.05, 3.63) is 119 Å². The fraction of sp³-hybridized carbons (Fsp3) is 0.481. The molecule has 17 heteroatoms. The number of amides is 1. The number of rotatable bonds is 13. The lowest BCUT2D eigenvalue weighted by Crippen LogP contribution is -2.82. The van der Waals surface area contributed by atoms with Crippen LogP contribution < -0.4 is 5.32 Å². The number of aliphatic hydroxyl groups is 2. The highest BCUT2D eigenvalue weighted by Crippen LogP contribution is 2.64. The molecule has 366 valence electrons. The Morgan fingerprint density at radius 2 is 1.46 bits per heavy atom. The summed E-state index contributed by atoms with van der Waals surface area (Å²) < 4.78 is 42.0. The van der Waals surface area contributed by atoms with Crippen LogP contribution in [0.1, 0.15) is 99.5 Å². The van der Waals surface area contributed by atoms with Crippen molar-refractivity contribution in [3.63, 3.8) is 0 Å². The van der Waals surface area contributed by atoms with Gasteiger partial charge in [-0.15, -0.1) is 0 Å². The van der Waals surface area contributed by atoms with Gasteiger partial charge in [0.05, 0.1) is 42.1 Å². The Balaban J connectivity index is 1.30. The van der Waals surface area contributed by atoms with Gasteiger partial charge >= 0.3 is 30.0 Å². The highest BCUT2D eigenvalue weighted by Gasteiger charge is 2.78. The Morgan fingerprint density at radius 3 is 2.03 bits per heavy atom. The topological polar surface area (TPSA) is 237 Å². The summed E-state index contributed by atoms with van der Waals surface area (Å²) in [5.74, 6) is -7.23. The number of esters is 4. The fourth-order valence-electron chi connectivity index (χ4n) is 10.9. The zero-order valence-electron chi connectivity index (χ0n) is 39.2. The number of ether oxygens (including phenoxy) is 7. The van der Waals surface area contributed by atoms with Crippen LogP contribution >= 0.6 is 0 Å². The zero-order valence-corrected chi connectivity index (χ0v) is 39.2. The first-order valence-corrected chi connectivity index (χ1v) is 23.2. The van der Waals surface area contributed by atoms with Crippen molar-refractivity contribution in [2.45, 2.75) is 121 Å². The Kier molecular flexibility index (Phi) is 13.4. The molecule has 4 aliphatic carbocycles. The van der Waals surface area contributed by atoms with E-state index in [9.17, 15) is 34.2 Å². The fourth-order valence-corrected chi connectivity index (χ4v) is 10.9. The number of nitrogens with one attached hydrogen (secondary N) is 1. The maximum Gasteiger partial charge on any atom is 0.509 e. The maximum atomic E-state index is 15.8. The van der Waals surface area contributed by atoms with E-state index in [1.165, 1.54) is 32.9 Å². The van der Waals surface area contributed by atoms with Crippen molar-refractivity contribution in [2.24, 2.45) is 22.7 Å². The van der Waals surface area contributed by atoms with Crippen LogP contribution in [0, 0.1) is 22.7 Å². The molecule has 17 nitrogen and oxygen atoms in total. The number of hydrogen-bond donors (Lipinski definition) is 3. The minimum atomic E-state index is -2.45. The van der Waals surface area contributed by atoms with Crippen LogP contribution in [0.15, 0.2) is 102 Å². The number of ketones is 1. The maximum absolute atomic E-state index is 15.8. The molecule has 2 unspecified atom stereocenters. The van der Waals surface area contributed by atoms with Gasteiger partial charge in [0.2, 0.25) is 6.10 Å². The third kappa shape index (κ3) is 8.69. The second kappa shape index (κ2) is 18.8. The van der Waals surface area contributed by atoms with E-state index in [2.05, 4.69) is 5.32 Å². The Morgan fingerprint density at radius 1 is 0.855 bits per heavy atom.